The number of nitrogens with zero attached hydrogens (tertiary/aromatic N) is 4. The molecular formula is C17H22N5O5PS. The summed E-state index contributed by atoms with van der Waals surface area (Å²) in [7, 11) is -4.20. The van der Waals surface area contributed by atoms with E-state index in [4.69, 9.17) is 25.0 Å². The zero-order valence-corrected chi connectivity index (χ0v) is 17.6. The van der Waals surface area contributed by atoms with Gasteiger partial charge in [-0.1, -0.05) is 23.9 Å². The lowest BCUT2D eigenvalue weighted by molar-refractivity contribution is 0.149. The monoisotopic (exact) mass is 439 g/mol. The quantitative estimate of drug-likeness (QED) is 0.258. The lowest BCUT2D eigenvalue weighted by Crippen LogP contribution is -2.08. The van der Waals surface area contributed by atoms with Crippen LogP contribution in [0.25, 0.3) is 11.2 Å². The molecule has 29 heavy (non-hydrogen) atoms. The van der Waals surface area contributed by atoms with E-state index in [0.717, 1.165) is 10.6 Å². The molecule has 0 aliphatic heterocycles. The second kappa shape index (κ2) is 9.10. The molecule has 0 amide bonds. The van der Waals surface area contributed by atoms with Gasteiger partial charge in [0.15, 0.2) is 5.65 Å². The molecule has 2 heterocycles. The predicted molar refractivity (Wildman–Crippen MR) is 109 cm³/mol. The van der Waals surface area contributed by atoms with Crippen molar-refractivity contribution in [3.05, 3.63) is 30.6 Å². The summed E-state index contributed by atoms with van der Waals surface area (Å²) in [6.07, 6.45) is 0.963. The summed E-state index contributed by atoms with van der Waals surface area (Å²) in [5, 5.41) is 0.585. The third-order valence-corrected chi connectivity index (χ3v) is 5.16. The van der Waals surface area contributed by atoms with Crippen molar-refractivity contribution >= 4 is 36.5 Å². The van der Waals surface area contributed by atoms with Gasteiger partial charge in [0.25, 0.3) is 0 Å². The number of nitrogens with two attached hydrogens (primary N) is 1. The van der Waals surface area contributed by atoms with Gasteiger partial charge >= 0.3 is 7.60 Å². The molecule has 4 N–H and O–H groups in total. The van der Waals surface area contributed by atoms with Gasteiger partial charge in [0.05, 0.1) is 23.9 Å². The van der Waals surface area contributed by atoms with Gasteiger partial charge < -0.3 is 29.6 Å². The highest BCUT2D eigenvalue weighted by Crippen LogP contribution is 2.37. The van der Waals surface area contributed by atoms with E-state index in [0.29, 0.717) is 22.7 Å². The number of anilines is 1. The molecule has 2 aromatic heterocycles. The summed E-state index contributed by atoms with van der Waals surface area (Å²) in [6, 6.07) is 7.63. The fourth-order valence-electron chi connectivity index (χ4n) is 2.51. The lowest BCUT2D eigenvalue weighted by Gasteiger charge is -2.13. The van der Waals surface area contributed by atoms with Crippen LogP contribution in [0.4, 0.5) is 5.95 Å². The molecule has 0 fully saturated rings. The smallest absolute Gasteiger partial charge is 0.350 e. The van der Waals surface area contributed by atoms with Crippen LogP contribution in [0.5, 0.6) is 5.75 Å². The first-order chi connectivity index (χ1) is 13.7. The fourth-order valence-corrected chi connectivity index (χ4v) is 3.82. The molecule has 0 aliphatic rings. The topological polar surface area (TPSA) is 146 Å². The van der Waals surface area contributed by atoms with Crippen LogP contribution in [0, 0.1) is 0 Å². The van der Waals surface area contributed by atoms with E-state index in [1.165, 1.54) is 11.8 Å². The number of benzene rings is 1. The minimum absolute atomic E-state index is 0.0274. The Morgan fingerprint density at radius 1 is 1.28 bits per heavy atom. The van der Waals surface area contributed by atoms with E-state index < -0.39 is 13.9 Å². The van der Waals surface area contributed by atoms with Crippen molar-refractivity contribution < 1.29 is 23.8 Å². The number of para-hydroxylation sites is 1. The van der Waals surface area contributed by atoms with Gasteiger partial charge in [-0.2, -0.15) is 4.98 Å². The Balaban J connectivity index is 1.83. The summed E-state index contributed by atoms with van der Waals surface area (Å²) in [5.41, 5.74) is 6.98. The van der Waals surface area contributed by atoms with Crippen molar-refractivity contribution in [3.8, 4) is 5.75 Å². The third-order valence-electron chi connectivity index (χ3n) is 3.60. The van der Waals surface area contributed by atoms with E-state index in [1.54, 1.807) is 10.9 Å². The van der Waals surface area contributed by atoms with Crippen LogP contribution in [0.3, 0.4) is 0 Å². The van der Waals surface area contributed by atoms with E-state index in [9.17, 15) is 4.57 Å². The molecule has 12 heteroatoms. The number of fused-ring (bicyclic) bond motifs is 1. The number of hydrogen-bond donors (Lipinski definition) is 3. The molecule has 3 aromatic rings. The maximum Gasteiger partial charge on any atom is 0.350 e. The molecule has 0 radical (unpaired) electrons. The van der Waals surface area contributed by atoms with Crippen molar-refractivity contribution in [1.82, 2.24) is 19.5 Å². The van der Waals surface area contributed by atoms with E-state index in [1.807, 2.05) is 38.1 Å². The van der Waals surface area contributed by atoms with Crippen LogP contribution in [0.15, 0.2) is 40.5 Å². The summed E-state index contributed by atoms with van der Waals surface area (Å²) < 4.78 is 23.4. The van der Waals surface area contributed by atoms with Crippen LogP contribution < -0.4 is 10.5 Å². The van der Waals surface area contributed by atoms with Crippen LogP contribution in [-0.2, 0) is 15.8 Å². The normalized spacial score (nSPS) is 12.0. The molecule has 0 bridgehead atoms. The molecule has 10 nitrogen and oxygen atoms in total. The Morgan fingerprint density at radius 3 is 2.76 bits per heavy atom. The number of aromatic nitrogens is 4. The molecule has 0 aliphatic carbocycles. The molecule has 0 atom stereocenters. The van der Waals surface area contributed by atoms with Crippen LogP contribution >= 0.6 is 19.4 Å². The van der Waals surface area contributed by atoms with Gasteiger partial charge in [-0.25, -0.2) is 9.97 Å². The molecule has 3 rings (SSSR count). The first-order valence-electron chi connectivity index (χ1n) is 8.77. The maximum absolute atomic E-state index is 10.9. The maximum atomic E-state index is 10.9. The summed E-state index contributed by atoms with van der Waals surface area (Å²) in [5.74, 6) is 0.836. The van der Waals surface area contributed by atoms with Crippen LogP contribution in [-0.4, -0.2) is 48.4 Å². The van der Waals surface area contributed by atoms with Crippen LogP contribution in [0.2, 0.25) is 0 Å². The molecule has 1 aromatic carbocycles. The van der Waals surface area contributed by atoms with Gasteiger partial charge in [-0.05, 0) is 26.0 Å². The van der Waals surface area contributed by atoms with Crippen molar-refractivity contribution in [2.24, 2.45) is 0 Å². The predicted octanol–water partition coefficient (Wildman–Crippen LogP) is 2.50. The highest BCUT2D eigenvalue weighted by Gasteiger charge is 2.17. The molecule has 0 saturated heterocycles. The first kappa shape index (κ1) is 21.5. The van der Waals surface area contributed by atoms with E-state index >= 15 is 0 Å². The zero-order chi connectivity index (χ0) is 21.0. The molecule has 0 unspecified atom stereocenters. The van der Waals surface area contributed by atoms with Crippen molar-refractivity contribution in [3.63, 3.8) is 0 Å². The number of imidazole rings is 1. The second-order valence-corrected chi connectivity index (χ2v) is 9.03. The van der Waals surface area contributed by atoms with Crippen LogP contribution in [0.1, 0.15) is 13.8 Å². The number of ether oxygens (including phenoxy) is 2. The highest BCUT2D eigenvalue weighted by atomic mass is 32.2. The molecule has 0 saturated carbocycles. The number of rotatable bonds is 9. The molecular weight excluding hydrogens is 417 g/mol. The number of nitrogen functional groups attached to an aromatic ring is 1. The van der Waals surface area contributed by atoms with E-state index in [2.05, 4.69) is 15.0 Å². The molecule has 0 spiro atoms. The van der Waals surface area contributed by atoms with Gasteiger partial charge in [0, 0.05) is 6.54 Å². The van der Waals surface area contributed by atoms with Crippen molar-refractivity contribution in [2.45, 2.75) is 36.4 Å². The second-order valence-electron chi connectivity index (χ2n) is 6.41. The minimum atomic E-state index is -4.20. The summed E-state index contributed by atoms with van der Waals surface area (Å²) in [4.78, 5) is 31.5. The molecule has 156 valence electrons. The summed E-state index contributed by atoms with van der Waals surface area (Å²) >= 11 is 1.38. The third kappa shape index (κ3) is 5.91. The minimum Gasteiger partial charge on any atom is -0.490 e. The van der Waals surface area contributed by atoms with Gasteiger partial charge in [-0.15, -0.1) is 0 Å². The van der Waals surface area contributed by atoms with Crippen molar-refractivity contribution in [2.75, 3.05) is 18.7 Å². The Morgan fingerprint density at radius 2 is 2.03 bits per heavy atom. The van der Waals surface area contributed by atoms with Gasteiger partial charge in [0.1, 0.15) is 22.6 Å². The standard InChI is InChI=1S/C17H22N5O5PS/c1-11(2)27-12-5-3-4-6-13(12)29-16-14-15(20-17(18)21-16)22(9-19-14)7-8-26-10-28(23,24)25/h3-6,9,11H,7-8,10H2,1-2H3,(H2,18,20,21)(H2,23,24,25). The highest BCUT2D eigenvalue weighted by molar-refractivity contribution is 7.99. The Hall–Kier alpha value is -2.17. The number of hydrogen-bond acceptors (Lipinski definition) is 8. The SMILES string of the molecule is CC(C)Oc1ccccc1Sc1nc(N)nc2c1ncn2CCOCP(=O)(O)O. The Kier molecular flexibility index (Phi) is 6.76. The first-order valence-corrected chi connectivity index (χ1v) is 11.4. The zero-order valence-electron chi connectivity index (χ0n) is 15.9. The Bertz CT molecular complexity index is 1040. The fraction of sp³-hybridized carbons (Fsp3) is 0.353. The average Bonchev–Trinajstić information content (AvgIpc) is 3.02. The average molecular weight is 439 g/mol. The van der Waals surface area contributed by atoms with Crippen molar-refractivity contribution in [1.29, 1.82) is 0 Å². The summed E-state index contributed by atoms with van der Waals surface area (Å²) in [6.45, 7) is 4.31. The lowest BCUT2D eigenvalue weighted by atomic mass is 10.3. The van der Waals surface area contributed by atoms with E-state index in [-0.39, 0.29) is 18.7 Å². The largest absolute Gasteiger partial charge is 0.490 e. The van der Waals surface area contributed by atoms with Gasteiger partial charge in [0.2, 0.25) is 5.95 Å². The Labute approximate surface area is 171 Å². The van der Waals surface area contributed by atoms with Gasteiger partial charge in [-0.3, -0.25) is 4.57 Å².